The van der Waals surface area contributed by atoms with Gasteiger partial charge in [-0.05, 0) is 32.5 Å². The van der Waals surface area contributed by atoms with Crippen molar-refractivity contribution in [1.29, 1.82) is 0 Å². The summed E-state index contributed by atoms with van der Waals surface area (Å²) in [6, 6.07) is 0. The molecule has 0 atom stereocenters. The van der Waals surface area contributed by atoms with Crippen LogP contribution in [-0.4, -0.2) is 39.9 Å². The van der Waals surface area contributed by atoms with Crippen molar-refractivity contribution in [1.82, 2.24) is 10.6 Å². The van der Waals surface area contributed by atoms with Gasteiger partial charge in [-0.2, -0.15) is 0 Å². The highest BCUT2D eigenvalue weighted by Crippen LogP contribution is 2.10. The Labute approximate surface area is 133 Å². The van der Waals surface area contributed by atoms with Gasteiger partial charge in [-0.3, -0.25) is 0 Å². The molecular weight excluding hydrogens is 260 g/mol. The lowest BCUT2D eigenvalue weighted by atomic mass is 10.1. The molecule has 0 aliphatic heterocycles. The van der Waals surface area contributed by atoms with Gasteiger partial charge < -0.3 is 15.4 Å². The summed E-state index contributed by atoms with van der Waals surface area (Å²) in [4.78, 5) is 0. The Hall–Kier alpha value is -0.120. The molecule has 0 unspecified atom stereocenters. The van der Waals surface area contributed by atoms with Crippen LogP contribution in [0.15, 0.2) is 0 Å². The molecule has 0 aromatic carbocycles. The van der Waals surface area contributed by atoms with E-state index in [2.05, 4.69) is 17.6 Å². The van der Waals surface area contributed by atoms with E-state index in [-0.39, 0.29) is 0 Å². The van der Waals surface area contributed by atoms with E-state index >= 15 is 0 Å². The molecule has 3 nitrogen and oxygen atoms in total. The van der Waals surface area contributed by atoms with Gasteiger partial charge in [0, 0.05) is 13.7 Å². The molecule has 0 bridgehead atoms. The van der Waals surface area contributed by atoms with Gasteiger partial charge in [-0.1, -0.05) is 64.7 Å². The van der Waals surface area contributed by atoms with Crippen molar-refractivity contribution in [3.05, 3.63) is 0 Å². The van der Waals surface area contributed by atoms with Gasteiger partial charge in [0.05, 0.1) is 6.61 Å². The lowest BCUT2D eigenvalue weighted by Gasteiger charge is -2.06. The highest BCUT2D eigenvalue weighted by Gasteiger charge is 1.93. The Balaban J connectivity index is 2.90. The Morgan fingerprint density at radius 1 is 0.571 bits per heavy atom. The molecular formula is C18H40N2O. The summed E-state index contributed by atoms with van der Waals surface area (Å²) in [5, 5.41) is 6.89. The lowest BCUT2D eigenvalue weighted by Crippen LogP contribution is -2.24. The van der Waals surface area contributed by atoms with Crippen LogP contribution in [-0.2, 0) is 4.74 Å². The predicted molar refractivity (Wildman–Crippen MR) is 94.1 cm³/mol. The van der Waals surface area contributed by atoms with E-state index in [4.69, 9.17) is 4.74 Å². The normalized spacial score (nSPS) is 11.1. The second-order valence-electron chi connectivity index (χ2n) is 6.03. The zero-order chi connectivity index (χ0) is 15.4. The van der Waals surface area contributed by atoms with E-state index in [1.807, 2.05) is 0 Å². The molecule has 21 heavy (non-hydrogen) atoms. The van der Waals surface area contributed by atoms with Gasteiger partial charge in [0.2, 0.25) is 0 Å². The number of nitrogens with one attached hydrogen (secondary N) is 2. The zero-order valence-corrected chi connectivity index (χ0v) is 14.7. The van der Waals surface area contributed by atoms with Crippen LogP contribution >= 0.6 is 0 Å². The van der Waals surface area contributed by atoms with Crippen LogP contribution in [0.3, 0.4) is 0 Å². The minimum Gasteiger partial charge on any atom is -0.383 e. The van der Waals surface area contributed by atoms with Crippen LogP contribution in [0.1, 0.15) is 77.6 Å². The van der Waals surface area contributed by atoms with Crippen LogP contribution in [0.2, 0.25) is 0 Å². The minimum atomic E-state index is 0.812. The van der Waals surface area contributed by atoms with Crippen LogP contribution in [0.4, 0.5) is 0 Å². The molecule has 0 aromatic rings. The third-order valence-corrected chi connectivity index (χ3v) is 3.90. The third kappa shape index (κ3) is 19.9. The van der Waals surface area contributed by atoms with Crippen molar-refractivity contribution >= 4 is 0 Å². The topological polar surface area (TPSA) is 33.3 Å². The van der Waals surface area contributed by atoms with Crippen molar-refractivity contribution in [2.45, 2.75) is 77.6 Å². The minimum absolute atomic E-state index is 0.812. The quantitative estimate of drug-likeness (QED) is 0.374. The number of ether oxygens (including phenoxy) is 1. The Morgan fingerprint density at radius 2 is 1.05 bits per heavy atom. The third-order valence-electron chi connectivity index (χ3n) is 3.90. The van der Waals surface area contributed by atoms with Crippen LogP contribution in [0, 0.1) is 0 Å². The summed E-state index contributed by atoms with van der Waals surface area (Å²) >= 11 is 0. The van der Waals surface area contributed by atoms with Gasteiger partial charge in [0.1, 0.15) is 0 Å². The van der Waals surface area contributed by atoms with Gasteiger partial charge in [0.25, 0.3) is 0 Å². The van der Waals surface area contributed by atoms with Crippen molar-refractivity contribution in [3.63, 3.8) is 0 Å². The fraction of sp³-hybridized carbons (Fsp3) is 1.00. The number of hydrogen-bond donors (Lipinski definition) is 2. The number of methoxy groups -OCH3 is 1. The second kappa shape index (κ2) is 19.9. The van der Waals surface area contributed by atoms with E-state index in [0.717, 1.165) is 26.2 Å². The molecule has 128 valence electrons. The largest absolute Gasteiger partial charge is 0.383 e. The molecule has 0 saturated heterocycles. The standard InChI is InChI=1S/C18H40N2O/c1-3-4-5-6-7-8-9-10-11-12-14-19-15-13-16-20-17-18-21-2/h19-20H,3-18H2,1-2H3. The zero-order valence-electron chi connectivity index (χ0n) is 14.7. The molecule has 0 aliphatic carbocycles. The molecule has 0 fully saturated rings. The molecule has 0 heterocycles. The van der Waals surface area contributed by atoms with Crippen molar-refractivity contribution in [3.8, 4) is 0 Å². The van der Waals surface area contributed by atoms with Gasteiger partial charge in [0.15, 0.2) is 0 Å². The Bertz CT molecular complexity index is 159. The molecule has 0 aliphatic rings. The van der Waals surface area contributed by atoms with Crippen molar-refractivity contribution in [2.75, 3.05) is 39.9 Å². The van der Waals surface area contributed by atoms with Crippen LogP contribution in [0.5, 0.6) is 0 Å². The molecule has 0 radical (unpaired) electrons. The maximum absolute atomic E-state index is 4.99. The number of hydrogen-bond acceptors (Lipinski definition) is 3. The molecule has 0 spiro atoms. The highest BCUT2D eigenvalue weighted by molar-refractivity contribution is 4.53. The average Bonchev–Trinajstić information content (AvgIpc) is 2.50. The number of rotatable bonds is 18. The van der Waals surface area contributed by atoms with Crippen molar-refractivity contribution < 1.29 is 4.74 Å². The van der Waals surface area contributed by atoms with Crippen molar-refractivity contribution in [2.24, 2.45) is 0 Å². The summed E-state index contributed by atoms with van der Waals surface area (Å²) in [6.45, 7) is 7.48. The van der Waals surface area contributed by atoms with Gasteiger partial charge in [-0.15, -0.1) is 0 Å². The summed E-state index contributed by atoms with van der Waals surface area (Å²) in [5.41, 5.74) is 0. The monoisotopic (exact) mass is 300 g/mol. The van der Waals surface area contributed by atoms with E-state index in [9.17, 15) is 0 Å². The van der Waals surface area contributed by atoms with E-state index in [0.29, 0.717) is 0 Å². The fourth-order valence-corrected chi connectivity index (χ4v) is 2.50. The van der Waals surface area contributed by atoms with E-state index in [1.165, 1.54) is 77.2 Å². The first-order valence-electron chi connectivity index (χ1n) is 9.32. The predicted octanol–water partition coefficient (Wildman–Crippen LogP) is 4.12. The smallest absolute Gasteiger partial charge is 0.0587 e. The second-order valence-corrected chi connectivity index (χ2v) is 6.03. The van der Waals surface area contributed by atoms with Crippen LogP contribution in [0.25, 0.3) is 0 Å². The number of unbranched alkanes of at least 4 members (excludes halogenated alkanes) is 9. The molecule has 0 saturated carbocycles. The van der Waals surface area contributed by atoms with E-state index < -0.39 is 0 Å². The average molecular weight is 301 g/mol. The first-order chi connectivity index (χ1) is 10.4. The highest BCUT2D eigenvalue weighted by atomic mass is 16.5. The summed E-state index contributed by atoms with van der Waals surface area (Å²) < 4.78 is 4.99. The molecule has 0 amide bonds. The maximum Gasteiger partial charge on any atom is 0.0587 e. The Morgan fingerprint density at radius 3 is 1.62 bits per heavy atom. The lowest BCUT2D eigenvalue weighted by molar-refractivity contribution is 0.199. The summed E-state index contributed by atoms with van der Waals surface area (Å²) in [5.74, 6) is 0. The first kappa shape index (κ1) is 20.9. The fourth-order valence-electron chi connectivity index (χ4n) is 2.50. The SMILES string of the molecule is CCCCCCCCCCCCNCCCNCCOC. The molecule has 0 aromatic heterocycles. The first-order valence-corrected chi connectivity index (χ1v) is 9.32. The molecule has 3 heteroatoms. The van der Waals surface area contributed by atoms with Gasteiger partial charge >= 0.3 is 0 Å². The summed E-state index contributed by atoms with van der Waals surface area (Å²) in [7, 11) is 1.75. The van der Waals surface area contributed by atoms with Gasteiger partial charge in [-0.25, -0.2) is 0 Å². The molecule has 0 rings (SSSR count). The Kier molecular flexibility index (Phi) is 19.8. The summed E-state index contributed by atoms with van der Waals surface area (Å²) in [6.07, 6.45) is 15.4. The maximum atomic E-state index is 4.99. The van der Waals surface area contributed by atoms with Crippen LogP contribution < -0.4 is 10.6 Å². The van der Waals surface area contributed by atoms with E-state index in [1.54, 1.807) is 7.11 Å². The molecule has 2 N–H and O–H groups in total.